The van der Waals surface area contributed by atoms with Gasteiger partial charge in [0.15, 0.2) is 5.13 Å². The van der Waals surface area contributed by atoms with E-state index in [1.165, 1.54) is 12.5 Å². The number of carbonyl (C=O) groups is 1. The molecule has 0 aliphatic rings. The van der Waals surface area contributed by atoms with Crippen LogP contribution in [0.3, 0.4) is 0 Å². The zero-order valence-corrected chi connectivity index (χ0v) is 18.7. The van der Waals surface area contributed by atoms with Gasteiger partial charge in [-0.3, -0.25) is 4.79 Å². The first kappa shape index (κ1) is 20.8. The van der Waals surface area contributed by atoms with E-state index in [1.807, 2.05) is 24.3 Å². The van der Waals surface area contributed by atoms with Crippen molar-refractivity contribution in [3.8, 4) is 11.5 Å². The number of benzene rings is 2. The normalized spacial score (nSPS) is 11.4. The van der Waals surface area contributed by atoms with Crippen LogP contribution in [0.25, 0.3) is 10.2 Å². The zero-order chi connectivity index (χ0) is 22.0. The van der Waals surface area contributed by atoms with E-state index in [9.17, 15) is 4.79 Å². The molecule has 0 aliphatic heterocycles. The zero-order valence-electron chi connectivity index (χ0n) is 17.9. The van der Waals surface area contributed by atoms with Crippen LogP contribution in [0.4, 0.5) is 16.6 Å². The number of rotatable bonds is 5. The molecule has 0 unspecified atom stereocenters. The summed E-state index contributed by atoms with van der Waals surface area (Å²) in [6.07, 6.45) is 1.59. The van der Waals surface area contributed by atoms with E-state index in [-0.39, 0.29) is 11.3 Å². The molecular weight excluding hydrogens is 408 g/mol. The minimum atomic E-state index is -0.179. The van der Waals surface area contributed by atoms with Gasteiger partial charge >= 0.3 is 0 Å². The van der Waals surface area contributed by atoms with Gasteiger partial charge in [0.05, 0.1) is 10.2 Å². The van der Waals surface area contributed by atoms with Gasteiger partial charge in [0.25, 0.3) is 0 Å². The van der Waals surface area contributed by atoms with Gasteiger partial charge in [-0.25, -0.2) is 9.97 Å². The minimum Gasteiger partial charge on any atom is -0.457 e. The van der Waals surface area contributed by atoms with Gasteiger partial charge in [0, 0.05) is 30.9 Å². The Bertz CT molecular complexity index is 1240. The van der Waals surface area contributed by atoms with E-state index < -0.39 is 0 Å². The molecule has 1 amide bonds. The van der Waals surface area contributed by atoms with E-state index in [2.05, 4.69) is 54.6 Å². The molecule has 7 heteroatoms. The smallest absolute Gasteiger partial charge is 0.222 e. The van der Waals surface area contributed by atoms with Crippen molar-refractivity contribution in [2.45, 2.75) is 33.1 Å². The number of thiazole rings is 1. The molecule has 4 aromatic rings. The lowest BCUT2D eigenvalue weighted by Crippen LogP contribution is -2.10. The van der Waals surface area contributed by atoms with Crippen LogP contribution in [0.15, 0.2) is 60.8 Å². The molecule has 4 rings (SSSR count). The molecule has 2 heterocycles. The first-order chi connectivity index (χ1) is 14.8. The second-order valence-electron chi connectivity index (χ2n) is 8.26. The average molecular weight is 433 g/mol. The Kier molecular flexibility index (Phi) is 5.61. The predicted molar refractivity (Wildman–Crippen MR) is 127 cm³/mol. The maximum absolute atomic E-state index is 11.2. The lowest BCUT2D eigenvalue weighted by molar-refractivity contribution is -0.114. The first-order valence-electron chi connectivity index (χ1n) is 9.96. The van der Waals surface area contributed by atoms with E-state index in [0.29, 0.717) is 17.3 Å². The maximum Gasteiger partial charge on any atom is 0.222 e. The van der Waals surface area contributed by atoms with Gasteiger partial charge in [0.2, 0.25) is 5.91 Å². The lowest BCUT2D eigenvalue weighted by Gasteiger charge is -2.19. The summed E-state index contributed by atoms with van der Waals surface area (Å²) in [6, 6.07) is 17.6. The Labute approximate surface area is 185 Å². The SMILES string of the molecule is CC(=O)Nc1cc(Oc2ccc3sc(Nc4cccc(C(C)(C)C)c4)nc3c2)ccn1. The van der Waals surface area contributed by atoms with Crippen molar-refractivity contribution in [2.75, 3.05) is 10.6 Å². The van der Waals surface area contributed by atoms with Crippen molar-refractivity contribution in [3.05, 3.63) is 66.4 Å². The van der Waals surface area contributed by atoms with Crippen LogP contribution in [0, 0.1) is 0 Å². The van der Waals surface area contributed by atoms with Gasteiger partial charge in [-0.15, -0.1) is 0 Å². The fourth-order valence-electron chi connectivity index (χ4n) is 3.07. The van der Waals surface area contributed by atoms with Crippen LogP contribution < -0.4 is 15.4 Å². The standard InChI is InChI=1S/C24H24N4O2S/c1-15(29)26-22-14-19(10-11-25-22)30-18-8-9-21-20(13-18)28-23(31-21)27-17-7-5-6-16(12-17)24(2,3)4/h5-14H,1-4H3,(H,27,28)(H,25,26,29). The fourth-order valence-corrected chi connectivity index (χ4v) is 3.94. The van der Waals surface area contributed by atoms with Crippen LogP contribution in [0.5, 0.6) is 11.5 Å². The van der Waals surface area contributed by atoms with Gasteiger partial charge in [0.1, 0.15) is 17.3 Å². The number of nitrogens with zero attached hydrogens (tertiary/aromatic N) is 2. The molecule has 31 heavy (non-hydrogen) atoms. The highest BCUT2D eigenvalue weighted by Gasteiger charge is 2.14. The number of carbonyl (C=O) groups excluding carboxylic acids is 1. The topological polar surface area (TPSA) is 76.1 Å². The van der Waals surface area contributed by atoms with E-state index in [0.717, 1.165) is 21.0 Å². The Morgan fingerprint density at radius 1 is 1.03 bits per heavy atom. The van der Waals surface area contributed by atoms with E-state index in [1.54, 1.807) is 29.7 Å². The third-order valence-corrected chi connectivity index (χ3v) is 5.56. The molecule has 2 aromatic carbocycles. The van der Waals surface area contributed by atoms with E-state index >= 15 is 0 Å². The summed E-state index contributed by atoms with van der Waals surface area (Å²) in [5.41, 5.74) is 3.23. The molecule has 2 N–H and O–H groups in total. The molecule has 0 saturated carbocycles. The van der Waals surface area contributed by atoms with Crippen LogP contribution in [-0.2, 0) is 10.2 Å². The Hall–Kier alpha value is -3.45. The van der Waals surface area contributed by atoms with Crippen molar-refractivity contribution >= 4 is 44.1 Å². The summed E-state index contributed by atoms with van der Waals surface area (Å²) in [5.74, 6) is 1.52. The Morgan fingerprint density at radius 2 is 1.84 bits per heavy atom. The highest BCUT2D eigenvalue weighted by Crippen LogP contribution is 2.33. The minimum absolute atomic E-state index is 0.0876. The molecule has 0 radical (unpaired) electrons. The lowest BCUT2D eigenvalue weighted by atomic mass is 9.87. The molecule has 0 aliphatic carbocycles. The Balaban J connectivity index is 1.53. The number of anilines is 3. The molecule has 0 fully saturated rings. The van der Waals surface area contributed by atoms with Crippen LogP contribution in [0.2, 0.25) is 0 Å². The van der Waals surface area contributed by atoms with Gasteiger partial charge in [-0.1, -0.05) is 44.2 Å². The summed E-state index contributed by atoms with van der Waals surface area (Å²) < 4.78 is 7.01. The molecule has 2 aromatic heterocycles. The van der Waals surface area contributed by atoms with Crippen LogP contribution >= 0.6 is 11.3 Å². The number of hydrogen-bond acceptors (Lipinski definition) is 6. The number of ether oxygens (including phenoxy) is 1. The van der Waals surface area contributed by atoms with Crippen molar-refractivity contribution in [3.63, 3.8) is 0 Å². The summed E-state index contributed by atoms with van der Waals surface area (Å²) in [5, 5.41) is 6.90. The monoisotopic (exact) mass is 432 g/mol. The fraction of sp³-hybridized carbons (Fsp3) is 0.208. The van der Waals surface area contributed by atoms with Crippen molar-refractivity contribution in [1.82, 2.24) is 9.97 Å². The molecule has 0 atom stereocenters. The predicted octanol–water partition coefficient (Wildman–Crippen LogP) is 6.48. The van der Waals surface area contributed by atoms with Gasteiger partial charge < -0.3 is 15.4 Å². The molecule has 0 bridgehead atoms. The average Bonchev–Trinajstić information content (AvgIpc) is 3.09. The van der Waals surface area contributed by atoms with Gasteiger partial charge in [-0.2, -0.15) is 0 Å². The highest BCUT2D eigenvalue weighted by molar-refractivity contribution is 7.22. The quantitative estimate of drug-likeness (QED) is 0.377. The van der Waals surface area contributed by atoms with Crippen molar-refractivity contribution in [1.29, 1.82) is 0 Å². The summed E-state index contributed by atoms with van der Waals surface area (Å²) in [6.45, 7) is 8.05. The summed E-state index contributed by atoms with van der Waals surface area (Å²) in [4.78, 5) is 20.0. The molecule has 0 spiro atoms. The third-order valence-electron chi connectivity index (χ3n) is 4.61. The van der Waals surface area contributed by atoms with Crippen LogP contribution in [-0.4, -0.2) is 15.9 Å². The second-order valence-corrected chi connectivity index (χ2v) is 9.30. The molecule has 0 saturated heterocycles. The maximum atomic E-state index is 11.2. The molecule has 6 nitrogen and oxygen atoms in total. The van der Waals surface area contributed by atoms with E-state index in [4.69, 9.17) is 9.72 Å². The number of fused-ring (bicyclic) bond motifs is 1. The Morgan fingerprint density at radius 3 is 2.61 bits per heavy atom. The third kappa shape index (κ3) is 5.19. The second kappa shape index (κ2) is 8.35. The number of amides is 1. The number of pyridine rings is 1. The number of hydrogen-bond donors (Lipinski definition) is 2. The largest absolute Gasteiger partial charge is 0.457 e. The number of aromatic nitrogens is 2. The van der Waals surface area contributed by atoms with Crippen LogP contribution in [0.1, 0.15) is 33.3 Å². The van der Waals surface area contributed by atoms with Crippen molar-refractivity contribution < 1.29 is 9.53 Å². The molecular formula is C24H24N4O2S. The summed E-state index contributed by atoms with van der Waals surface area (Å²) >= 11 is 1.59. The van der Waals surface area contributed by atoms with Gasteiger partial charge in [-0.05, 0) is 41.3 Å². The van der Waals surface area contributed by atoms with Crippen molar-refractivity contribution in [2.24, 2.45) is 0 Å². The summed E-state index contributed by atoms with van der Waals surface area (Å²) in [7, 11) is 0. The molecule has 158 valence electrons. The highest BCUT2D eigenvalue weighted by atomic mass is 32.1. The first-order valence-corrected chi connectivity index (χ1v) is 10.8. The number of nitrogens with one attached hydrogen (secondary N) is 2.